The van der Waals surface area contributed by atoms with Crippen LogP contribution in [0.5, 0.6) is 11.5 Å². The number of ketones is 1. The Labute approximate surface area is 174 Å². The van der Waals surface area contributed by atoms with E-state index in [0.717, 1.165) is 5.56 Å². The molecule has 3 aromatic rings. The van der Waals surface area contributed by atoms with Crippen molar-refractivity contribution in [2.24, 2.45) is 0 Å². The summed E-state index contributed by atoms with van der Waals surface area (Å²) >= 11 is 0. The summed E-state index contributed by atoms with van der Waals surface area (Å²) in [5.74, 6) is 1.37. The van der Waals surface area contributed by atoms with E-state index < -0.39 is 4.92 Å². The van der Waals surface area contributed by atoms with Crippen LogP contribution in [0.1, 0.15) is 28.4 Å². The SMILES string of the molecule is COc1ccc(C(=O)C[C@@H](Nc2ccc([N+](=O)[O-])cc2)c2ccc(OC)cc2)cc1. The third-order valence-corrected chi connectivity index (χ3v) is 4.74. The summed E-state index contributed by atoms with van der Waals surface area (Å²) in [6.07, 6.45) is 0.204. The molecule has 0 aliphatic heterocycles. The van der Waals surface area contributed by atoms with Crippen molar-refractivity contribution >= 4 is 17.2 Å². The van der Waals surface area contributed by atoms with E-state index in [1.807, 2.05) is 24.3 Å². The van der Waals surface area contributed by atoms with Crippen molar-refractivity contribution in [3.63, 3.8) is 0 Å². The van der Waals surface area contributed by atoms with Crippen molar-refractivity contribution in [1.82, 2.24) is 0 Å². The molecule has 0 radical (unpaired) electrons. The summed E-state index contributed by atoms with van der Waals surface area (Å²) < 4.78 is 10.4. The fraction of sp³-hybridized carbons (Fsp3) is 0.174. The molecule has 154 valence electrons. The summed E-state index contributed by atoms with van der Waals surface area (Å²) in [5, 5.41) is 14.2. The van der Waals surface area contributed by atoms with E-state index in [9.17, 15) is 14.9 Å². The number of nitro groups is 1. The molecule has 0 saturated carbocycles. The molecule has 3 aromatic carbocycles. The van der Waals surface area contributed by atoms with Gasteiger partial charge in [0.1, 0.15) is 11.5 Å². The number of nitrogens with one attached hydrogen (secondary N) is 1. The number of rotatable bonds is 9. The van der Waals surface area contributed by atoms with Crippen LogP contribution >= 0.6 is 0 Å². The van der Waals surface area contributed by atoms with Crippen molar-refractivity contribution in [1.29, 1.82) is 0 Å². The van der Waals surface area contributed by atoms with Crippen LogP contribution in [0.4, 0.5) is 11.4 Å². The van der Waals surface area contributed by atoms with Crippen LogP contribution in [0.15, 0.2) is 72.8 Å². The standard InChI is InChI=1S/C23H22N2O5/c1-29-20-11-3-16(4-12-20)22(24-18-7-9-19(10-8-18)25(27)28)15-23(26)17-5-13-21(30-2)14-6-17/h3-14,22,24H,15H2,1-2H3/t22-/m1/s1. The molecule has 3 rings (SSSR count). The predicted molar refractivity (Wildman–Crippen MR) is 114 cm³/mol. The maximum absolute atomic E-state index is 12.9. The van der Waals surface area contributed by atoms with Crippen LogP contribution in [0.2, 0.25) is 0 Å². The summed E-state index contributed by atoms with van der Waals surface area (Å²) in [5.41, 5.74) is 2.18. The lowest BCUT2D eigenvalue weighted by atomic mass is 9.97. The van der Waals surface area contributed by atoms with Gasteiger partial charge in [-0.2, -0.15) is 0 Å². The number of hydrogen-bond acceptors (Lipinski definition) is 6. The maximum Gasteiger partial charge on any atom is 0.269 e. The summed E-state index contributed by atoms with van der Waals surface area (Å²) in [7, 11) is 3.17. The number of nitro benzene ring substituents is 1. The van der Waals surface area contributed by atoms with Gasteiger partial charge in [0.05, 0.1) is 25.2 Å². The molecule has 1 atom stereocenters. The van der Waals surface area contributed by atoms with Gasteiger partial charge in [0.25, 0.3) is 5.69 Å². The molecule has 0 fully saturated rings. The number of methoxy groups -OCH3 is 2. The van der Waals surface area contributed by atoms with Gasteiger partial charge in [0.2, 0.25) is 0 Å². The van der Waals surface area contributed by atoms with Gasteiger partial charge in [0.15, 0.2) is 5.78 Å². The lowest BCUT2D eigenvalue weighted by molar-refractivity contribution is -0.384. The van der Waals surface area contributed by atoms with Gasteiger partial charge >= 0.3 is 0 Å². The van der Waals surface area contributed by atoms with Gasteiger partial charge < -0.3 is 14.8 Å². The number of nitrogens with zero attached hydrogens (tertiary/aromatic N) is 1. The number of hydrogen-bond donors (Lipinski definition) is 1. The Balaban J connectivity index is 1.83. The number of non-ortho nitro benzene ring substituents is 1. The lowest BCUT2D eigenvalue weighted by Crippen LogP contribution is -2.16. The van der Waals surface area contributed by atoms with Crippen LogP contribution in [0, 0.1) is 10.1 Å². The van der Waals surface area contributed by atoms with Crippen LogP contribution in [-0.2, 0) is 0 Å². The third kappa shape index (κ3) is 5.14. The van der Waals surface area contributed by atoms with Gasteiger partial charge in [-0.1, -0.05) is 12.1 Å². The molecule has 0 aliphatic rings. The minimum absolute atomic E-state index is 0.0101. The first-order valence-electron chi connectivity index (χ1n) is 9.32. The molecule has 7 nitrogen and oxygen atoms in total. The van der Waals surface area contributed by atoms with Gasteiger partial charge in [-0.3, -0.25) is 14.9 Å². The highest BCUT2D eigenvalue weighted by atomic mass is 16.6. The Kier molecular flexibility index (Phi) is 6.64. The normalized spacial score (nSPS) is 11.4. The predicted octanol–water partition coefficient (Wildman–Crippen LogP) is 5.04. The molecule has 0 bridgehead atoms. The van der Waals surface area contributed by atoms with Gasteiger partial charge in [-0.25, -0.2) is 0 Å². The second-order valence-electron chi connectivity index (χ2n) is 6.63. The van der Waals surface area contributed by atoms with Crippen molar-refractivity contribution in [3.8, 4) is 11.5 Å². The molecular weight excluding hydrogens is 384 g/mol. The Morgan fingerprint density at radius 2 is 1.43 bits per heavy atom. The number of benzene rings is 3. The zero-order chi connectivity index (χ0) is 21.5. The monoisotopic (exact) mass is 406 g/mol. The van der Waals surface area contributed by atoms with Gasteiger partial charge in [-0.15, -0.1) is 0 Å². The number of ether oxygens (including phenoxy) is 2. The fourth-order valence-electron chi connectivity index (χ4n) is 3.05. The molecule has 0 spiro atoms. The van der Waals surface area contributed by atoms with Crippen molar-refractivity contribution in [3.05, 3.63) is 94.0 Å². The Hall–Kier alpha value is -3.87. The van der Waals surface area contributed by atoms with E-state index in [-0.39, 0.29) is 23.9 Å². The van der Waals surface area contributed by atoms with E-state index in [1.54, 1.807) is 50.6 Å². The minimum atomic E-state index is -0.446. The van der Waals surface area contributed by atoms with E-state index in [2.05, 4.69) is 5.32 Å². The van der Waals surface area contributed by atoms with Crippen molar-refractivity contribution in [2.45, 2.75) is 12.5 Å². The second-order valence-corrected chi connectivity index (χ2v) is 6.63. The zero-order valence-corrected chi connectivity index (χ0v) is 16.7. The summed E-state index contributed by atoms with van der Waals surface area (Å²) in [6, 6.07) is 20.2. The average Bonchev–Trinajstić information content (AvgIpc) is 2.79. The molecule has 0 amide bonds. The van der Waals surface area contributed by atoms with E-state index in [0.29, 0.717) is 22.7 Å². The topological polar surface area (TPSA) is 90.7 Å². The zero-order valence-electron chi connectivity index (χ0n) is 16.7. The molecule has 30 heavy (non-hydrogen) atoms. The van der Waals surface area contributed by atoms with Gasteiger partial charge in [0, 0.05) is 29.8 Å². The molecule has 0 saturated heterocycles. The smallest absolute Gasteiger partial charge is 0.269 e. The Bertz CT molecular complexity index is 999. The molecule has 0 aromatic heterocycles. The molecular formula is C23H22N2O5. The van der Waals surface area contributed by atoms with Crippen LogP contribution in [0.25, 0.3) is 0 Å². The second kappa shape index (κ2) is 9.56. The molecule has 7 heteroatoms. The molecule has 1 N–H and O–H groups in total. The Morgan fingerprint density at radius 3 is 1.93 bits per heavy atom. The van der Waals surface area contributed by atoms with Crippen molar-refractivity contribution < 1.29 is 19.2 Å². The Morgan fingerprint density at radius 1 is 0.900 bits per heavy atom. The average molecular weight is 406 g/mol. The number of carbonyl (C=O) groups is 1. The quantitative estimate of drug-likeness (QED) is 0.304. The summed E-state index contributed by atoms with van der Waals surface area (Å²) in [4.78, 5) is 23.3. The maximum atomic E-state index is 12.9. The van der Waals surface area contributed by atoms with Crippen LogP contribution in [-0.4, -0.2) is 24.9 Å². The molecule has 0 aliphatic carbocycles. The summed E-state index contributed by atoms with van der Waals surface area (Å²) in [6.45, 7) is 0. The molecule has 0 heterocycles. The lowest BCUT2D eigenvalue weighted by Gasteiger charge is -2.20. The van der Waals surface area contributed by atoms with E-state index in [1.165, 1.54) is 12.1 Å². The number of anilines is 1. The van der Waals surface area contributed by atoms with E-state index in [4.69, 9.17) is 9.47 Å². The highest BCUT2D eigenvalue weighted by molar-refractivity contribution is 5.96. The fourth-order valence-corrected chi connectivity index (χ4v) is 3.05. The highest BCUT2D eigenvalue weighted by Gasteiger charge is 2.18. The number of carbonyl (C=O) groups excluding carboxylic acids is 1. The van der Waals surface area contributed by atoms with Crippen molar-refractivity contribution in [2.75, 3.05) is 19.5 Å². The van der Waals surface area contributed by atoms with Crippen LogP contribution < -0.4 is 14.8 Å². The van der Waals surface area contributed by atoms with Crippen LogP contribution in [0.3, 0.4) is 0 Å². The first-order valence-corrected chi connectivity index (χ1v) is 9.32. The van der Waals surface area contributed by atoms with E-state index >= 15 is 0 Å². The van der Waals surface area contributed by atoms with Gasteiger partial charge in [-0.05, 0) is 54.1 Å². The first kappa shape index (κ1) is 20.9. The number of Topliss-reactive ketones (excluding diaryl/α,β-unsaturated/α-hetero) is 1. The highest BCUT2D eigenvalue weighted by Crippen LogP contribution is 2.27. The largest absolute Gasteiger partial charge is 0.497 e. The molecule has 0 unspecified atom stereocenters. The minimum Gasteiger partial charge on any atom is -0.497 e. The first-order chi connectivity index (χ1) is 14.5. The third-order valence-electron chi connectivity index (χ3n) is 4.74.